The lowest BCUT2D eigenvalue weighted by Crippen LogP contribution is -2.48. The van der Waals surface area contributed by atoms with E-state index >= 15 is 0 Å². The summed E-state index contributed by atoms with van der Waals surface area (Å²) in [6, 6.07) is 5.02. The Bertz CT molecular complexity index is 347. The van der Waals surface area contributed by atoms with E-state index in [1.54, 1.807) is 6.07 Å². The summed E-state index contributed by atoms with van der Waals surface area (Å²) in [4.78, 5) is 0. The average molecular weight is 258 g/mol. The van der Waals surface area contributed by atoms with Gasteiger partial charge in [-0.2, -0.15) is 0 Å². The monoisotopic (exact) mass is 257 g/mol. The maximum atomic E-state index is 13.4. The Morgan fingerprint density at radius 3 is 2.71 bits per heavy atom. The second kappa shape index (κ2) is 3.63. The summed E-state index contributed by atoms with van der Waals surface area (Å²) in [7, 11) is 0. The number of benzene rings is 1. The molecule has 0 heterocycles. The molecule has 0 bridgehead atoms. The molecule has 1 saturated carbocycles. The molecule has 1 aromatic carbocycles. The molecule has 14 heavy (non-hydrogen) atoms. The van der Waals surface area contributed by atoms with Gasteiger partial charge in [0.1, 0.15) is 5.82 Å². The van der Waals surface area contributed by atoms with Crippen molar-refractivity contribution in [1.29, 1.82) is 0 Å². The molecule has 3 heteroatoms. The minimum atomic E-state index is -0.151. The first-order valence-corrected chi connectivity index (χ1v) is 5.61. The van der Waals surface area contributed by atoms with Gasteiger partial charge in [0.25, 0.3) is 0 Å². The van der Waals surface area contributed by atoms with Crippen LogP contribution in [0.4, 0.5) is 4.39 Å². The van der Waals surface area contributed by atoms with Crippen LogP contribution < -0.4 is 5.73 Å². The van der Waals surface area contributed by atoms with Crippen LogP contribution in [-0.2, 0) is 6.42 Å². The van der Waals surface area contributed by atoms with E-state index in [0.717, 1.165) is 22.9 Å². The summed E-state index contributed by atoms with van der Waals surface area (Å²) in [5.41, 5.74) is 6.64. The molecule has 1 fully saturated rings. The topological polar surface area (TPSA) is 26.0 Å². The first kappa shape index (κ1) is 10.1. The van der Waals surface area contributed by atoms with Crippen LogP contribution in [0.1, 0.15) is 24.8 Å². The molecule has 1 aliphatic rings. The zero-order chi connectivity index (χ0) is 10.2. The van der Waals surface area contributed by atoms with Gasteiger partial charge in [-0.25, -0.2) is 4.39 Å². The lowest BCUT2D eigenvalue weighted by molar-refractivity contribution is 0.245. The molecule has 0 spiro atoms. The van der Waals surface area contributed by atoms with Crippen LogP contribution in [0.25, 0.3) is 0 Å². The van der Waals surface area contributed by atoms with E-state index in [9.17, 15) is 4.39 Å². The summed E-state index contributed by atoms with van der Waals surface area (Å²) >= 11 is 3.34. The smallest absolute Gasteiger partial charge is 0.126 e. The first-order chi connectivity index (χ1) is 6.59. The highest BCUT2D eigenvalue weighted by molar-refractivity contribution is 9.10. The standard InChI is InChI=1S/C11H13BrFN/c12-9-2-3-10(13)8(6-9)7-11(14)4-1-5-11/h2-3,6H,1,4-5,7,14H2. The molecule has 76 valence electrons. The van der Waals surface area contributed by atoms with Gasteiger partial charge in [-0.05, 0) is 49.4 Å². The van der Waals surface area contributed by atoms with Crippen LogP contribution in [0.2, 0.25) is 0 Å². The normalized spacial score (nSPS) is 19.1. The lowest BCUT2D eigenvalue weighted by atomic mass is 9.74. The molecule has 2 N–H and O–H groups in total. The van der Waals surface area contributed by atoms with Crippen LogP contribution in [0.3, 0.4) is 0 Å². The zero-order valence-electron chi connectivity index (χ0n) is 7.89. The highest BCUT2D eigenvalue weighted by atomic mass is 79.9. The molecule has 0 atom stereocenters. The molecule has 0 aromatic heterocycles. The van der Waals surface area contributed by atoms with E-state index < -0.39 is 0 Å². The van der Waals surface area contributed by atoms with E-state index in [4.69, 9.17) is 5.73 Å². The Morgan fingerprint density at radius 2 is 2.14 bits per heavy atom. The van der Waals surface area contributed by atoms with Gasteiger partial charge in [-0.3, -0.25) is 0 Å². The third kappa shape index (κ3) is 1.98. The minimum absolute atomic E-state index is 0.148. The fourth-order valence-electron chi connectivity index (χ4n) is 1.87. The van der Waals surface area contributed by atoms with Crippen LogP contribution in [0.15, 0.2) is 22.7 Å². The zero-order valence-corrected chi connectivity index (χ0v) is 9.48. The Kier molecular flexibility index (Phi) is 2.62. The van der Waals surface area contributed by atoms with E-state index in [-0.39, 0.29) is 11.4 Å². The molecule has 1 aliphatic carbocycles. The van der Waals surface area contributed by atoms with Gasteiger partial charge in [0.2, 0.25) is 0 Å². The number of hydrogen-bond donors (Lipinski definition) is 1. The van der Waals surface area contributed by atoms with Gasteiger partial charge in [0.05, 0.1) is 0 Å². The van der Waals surface area contributed by atoms with Crippen molar-refractivity contribution >= 4 is 15.9 Å². The second-order valence-electron chi connectivity index (χ2n) is 4.13. The highest BCUT2D eigenvalue weighted by Gasteiger charge is 2.33. The number of rotatable bonds is 2. The molecule has 0 radical (unpaired) electrons. The molecule has 0 amide bonds. The maximum Gasteiger partial charge on any atom is 0.126 e. The van der Waals surface area contributed by atoms with E-state index in [0.29, 0.717) is 6.42 Å². The van der Waals surface area contributed by atoms with Crippen molar-refractivity contribution in [1.82, 2.24) is 0 Å². The Hall–Kier alpha value is -0.410. The minimum Gasteiger partial charge on any atom is -0.325 e. The number of nitrogens with two attached hydrogens (primary N) is 1. The fraction of sp³-hybridized carbons (Fsp3) is 0.455. The molecule has 0 saturated heterocycles. The average Bonchev–Trinajstić information content (AvgIpc) is 2.09. The molecule has 0 unspecified atom stereocenters. The third-order valence-electron chi connectivity index (χ3n) is 2.90. The SMILES string of the molecule is NC1(Cc2cc(Br)ccc2F)CCC1. The van der Waals surface area contributed by atoms with Crippen molar-refractivity contribution in [2.75, 3.05) is 0 Å². The molecule has 0 aliphatic heterocycles. The Balaban J connectivity index is 2.19. The van der Waals surface area contributed by atoms with Crippen LogP contribution in [0.5, 0.6) is 0 Å². The summed E-state index contributed by atoms with van der Waals surface area (Å²) in [6.07, 6.45) is 3.85. The lowest BCUT2D eigenvalue weighted by Gasteiger charge is -2.38. The predicted octanol–water partition coefficient (Wildman–Crippen LogP) is 3.01. The van der Waals surface area contributed by atoms with Gasteiger partial charge in [0.15, 0.2) is 0 Å². The molecular weight excluding hydrogens is 245 g/mol. The van der Waals surface area contributed by atoms with E-state index in [1.807, 2.05) is 6.07 Å². The molecule has 1 nitrogen and oxygen atoms in total. The van der Waals surface area contributed by atoms with E-state index in [1.165, 1.54) is 12.5 Å². The molecule has 2 rings (SSSR count). The summed E-state index contributed by atoms with van der Waals surface area (Å²) in [5, 5.41) is 0. The van der Waals surface area contributed by atoms with Crippen LogP contribution in [-0.4, -0.2) is 5.54 Å². The fourth-order valence-corrected chi connectivity index (χ4v) is 2.27. The second-order valence-corrected chi connectivity index (χ2v) is 5.04. The van der Waals surface area contributed by atoms with Crippen LogP contribution in [0, 0.1) is 5.82 Å². The number of hydrogen-bond acceptors (Lipinski definition) is 1. The first-order valence-electron chi connectivity index (χ1n) is 4.82. The largest absolute Gasteiger partial charge is 0.325 e. The van der Waals surface area contributed by atoms with Crippen molar-refractivity contribution in [2.45, 2.75) is 31.2 Å². The third-order valence-corrected chi connectivity index (χ3v) is 3.39. The predicted molar refractivity (Wildman–Crippen MR) is 58.6 cm³/mol. The molecule has 1 aromatic rings. The maximum absolute atomic E-state index is 13.4. The van der Waals surface area contributed by atoms with Crippen molar-refractivity contribution in [3.05, 3.63) is 34.1 Å². The Labute approximate surface area is 91.6 Å². The Morgan fingerprint density at radius 1 is 1.43 bits per heavy atom. The van der Waals surface area contributed by atoms with Crippen molar-refractivity contribution < 1.29 is 4.39 Å². The van der Waals surface area contributed by atoms with Gasteiger partial charge < -0.3 is 5.73 Å². The van der Waals surface area contributed by atoms with E-state index in [2.05, 4.69) is 15.9 Å². The van der Waals surface area contributed by atoms with Crippen molar-refractivity contribution in [3.8, 4) is 0 Å². The van der Waals surface area contributed by atoms with Gasteiger partial charge in [0, 0.05) is 10.0 Å². The van der Waals surface area contributed by atoms with Gasteiger partial charge in [-0.15, -0.1) is 0 Å². The summed E-state index contributed by atoms with van der Waals surface area (Å²) in [5.74, 6) is -0.148. The van der Waals surface area contributed by atoms with Crippen molar-refractivity contribution in [2.24, 2.45) is 5.73 Å². The summed E-state index contributed by atoms with van der Waals surface area (Å²) in [6.45, 7) is 0. The number of halogens is 2. The van der Waals surface area contributed by atoms with Gasteiger partial charge >= 0.3 is 0 Å². The van der Waals surface area contributed by atoms with Crippen LogP contribution >= 0.6 is 15.9 Å². The quantitative estimate of drug-likeness (QED) is 0.866. The van der Waals surface area contributed by atoms with Gasteiger partial charge in [-0.1, -0.05) is 15.9 Å². The van der Waals surface area contributed by atoms with Crippen molar-refractivity contribution in [3.63, 3.8) is 0 Å². The highest BCUT2D eigenvalue weighted by Crippen LogP contribution is 2.33. The molecular formula is C11H13BrFN. The summed E-state index contributed by atoms with van der Waals surface area (Å²) < 4.78 is 14.3.